The molecule has 2 heterocycles. The monoisotopic (exact) mass is 301 g/mol. The van der Waals surface area contributed by atoms with Gasteiger partial charge in [-0.1, -0.05) is 12.1 Å². The maximum absolute atomic E-state index is 12.2. The molecule has 3 rings (SSSR count). The van der Waals surface area contributed by atoms with Crippen LogP contribution in [0.3, 0.4) is 0 Å². The number of carbonyl (C=O) groups is 2. The molecule has 1 fully saturated rings. The molecule has 0 aliphatic carbocycles. The van der Waals surface area contributed by atoms with E-state index in [1.54, 1.807) is 29.7 Å². The van der Waals surface area contributed by atoms with Crippen molar-refractivity contribution in [2.24, 2.45) is 0 Å². The number of amides is 2. The summed E-state index contributed by atoms with van der Waals surface area (Å²) < 4.78 is 0. The second-order valence-electron chi connectivity index (χ2n) is 4.87. The standard InChI is InChI=1S/C15H15N3O2S/c19-13(18-12-2-1-7-16-14(12)20)10-3-5-11(6-4-10)15-17-8-9-21-15/h3-6,8-9,12H,1-2,7H2,(H,16,20)(H,18,19). The van der Waals surface area contributed by atoms with E-state index in [0.717, 1.165) is 17.0 Å². The zero-order valence-electron chi connectivity index (χ0n) is 11.3. The molecular formula is C15H15N3O2S. The molecule has 1 unspecified atom stereocenters. The van der Waals surface area contributed by atoms with E-state index in [-0.39, 0.29) is 11.8 Å². The number of hydrogen-bond acceptors (Lipinski definition) is 4. The molecule has 0 spiro atoms. The van der Waals surface area contributed by atoms with E-state index in [9.17, 15) is 9.59 Å². The number of aromatic nitrogens is 1. The Kier molecular flexibility index (Phi) is 3.96. The lowest BCUT2D eigenvalue weighted by atomic mass is 10.1. The van der Waals surface area contributed by atoms with Crippen LogP contribution in [0.15, 0.2) is 35.8 Å². The second kappa shape index (κ2) is 6.05. The maximum Gasteiger partial charge on any atom is 0.251 e. The van der Waals surface area contributed by atoms with E-state index in [1.807, 2.05) is 17.5 Å². The van der Waals surface area contributed by atoms with Crippen LogP contribution in [0.5, 0.6) is 0 Å². The third-order valence-corrected chi connectivity index (χ3v) is 4.24. The average Bonchev–Trinajstić information content (AvgIpc) is 3.04. The lowest BCUT2D eigenvalue weighted by Crippen LogP contribution is -2.50. The first-order valence-corrected chi connectivity index (χ1v) is 7.70. The molecule has 1 aromatic carbocycles. The third-order valence-electron chi connectivity index (χ3n) is 3.42. The molecular weight excluding hydrogens is 286 g/mol. The van der Waals surface area contributed by atoms with Crippen molar-refractivity contribution >= 4 is 23.2 Å². The van der Waals surface area contributed by atoms with E-state index >= 15 is 0 Å². The molecule has 21 heavy (non-hydrogen) atoms. The van der Waals surface area contributed by atoms with Crippen LogP contribution in [0.2, 0.25) is 0 Å². The summed E-state index contributed by atoms with van der Waals surface area (Å²) >= 11 is 1.55. The third kappa shape index (κ3) is 3.11. The normalized spacial score (nSPS) is 18.1. The highest BCUT2D eigenvalue weighted by molar-refractivity contribution is 7.13. The summed E-state index contributed by atoms with van der Waals surface area (Å²) in [6, 6.07) is 6.83. The Bertz CT molecular complexity index is 637. The van der Waals surface area contributed by atoms with Gasteiger partial charge in [0.25, 0.3) is 5.91 Å². The lowest BCUT2D eigenvalue weighted by molar-refractivity contribution is -0.124. The van der Waals surface area contributed by atoms with Gasteiger partial charge < -0.3 is 10.6 Å². The fourth-order valence-electron chi connectivity index (χ4n) is 2.28. The van der Waals surface area contributed by atoms with Crippen LogP contribution in [-0.2, 0) is 4.79 Å². The van der Waals surface area contributed by atoms with Crippen LogP contribution >= 0.6 is 11.3 Å². The van der Waals surface area contributed by atoms with Crippen LogP contribution < -0.4 is 10.6 Å². The molecule has 1 aliphatic heterocycles. The van der Waals surface area contributed by atoms with Crippen molar-refractivity contribution in [3.8, 4) is 10.6 Å². The molecule has 2 amide bonds. The van der Waals surface area contributed by atoms with Crippen molar-refractivity contribution in [2.75, 3.05) is 6.54 Å². The minimum absolute atomic E-state index is 0.103. The van der Waals surface area contributed by atoms with Crippen LogP contribution in [0.4, 0.5) is 0 Å². The summed E-state index contributed by atoms with van der Waals surface area (Å²) in [6.45, 7) is 0.688. The molecule has 5 nitrogen and oxygen atoms in total. The van der Waals surface area contributed by atoms with Crippen LogP contribution in [-0.4, -0.2) is 29.4 Å². The smallest absolute Gasteiger partial charge is 0.251 e. The van der Waals surface area contributed by atoms with Gasteiger partial charge in [0.2, 0.25) is 5.91 Å². The van der Waals surface area contributed by atoms with Gasteiger partial charge in [0, 0.05) is 29.2 Å². The first-order valence-electron chi connectivity index (χ1n) is 6.82. The quantitative estimate of drug-likeness (QED) is 0.908. The van der Waals surface area contributed by atoms with Crippen molar-refractivity contribution in [3.05, 3.63) is 41.4 Å². The Hall–Kier alpha value is -2.21. The summed E-state index contributed by atoms with van der Waals surface area (Å²) in [6.07, 6.45) is 3.33. The highest BCUT2D eigenvalue weighted by Crippen LogP contribution is 2.21. The fraction of sp³-hybridized carbons (Fsp3) is 0.267. The first kappa shape index (κ1) is 13.8. The Morgan fingerprint density at radius 2 is 2.14 bits per heavy atom. The summed E-state index contributed by atoms with van der Waals surface area (Å²) in [4.78, 5) is 28.0. The number of nitrogens with one attached hydrogen (secondary N) is 2. The number of nitrogens with zero attached hydrogens (tertiary/aromatic N) is 1. The minimum atomic E-state index is -0.426. The number of thiazole rings is 1. The number of hydrogen-bond donors (Lipinski definition) is 2. The molecule has 2 aromatic rings. The van der Waals surface area contributed by atoms with Gasteiger partial charge in [0.1, 0.15) is 11.0 Å². The van der Waals surface area contributed by atoms with Gasteiger partial charge in [-0.2, -0.15) is 0 Å². The van der Waals surface area contributed by atoms with Gasteiger partial charge in [-0.25, -0.2) is 4.98 Å². The molecule has 0 bridgehead atoms. The average molecular weight is 301 g/mol. The largest absolute Gasteiger partial charge is 0.354 e. The van der Waals surface area contributed by atoms with Crippen molar-refractivity contribution in [3.63, 3.8) is 0 Å². The van der Waals surface area contributed by atoms with E-state index in [2.05, 4.69) is 15.6 Å². The van der Waals surface area contributed by atoms with Crippen LogP contribution in [0.1, 0.15) is 23.2 Å². The second-order valence-corrected chi connectivity index (χ2v) is 5.77. The SMILES string of the molecule is O=C(NC1CCCNC1=O)c1ccc(-c2nccs2)cc1. The predicted molar refractivity (Wildman–Crippen MR) is 81.0 cm³/mol. The van der Waals surface area contributed by atoms with E-state index in [0.29, 0.717) is 18.5 Å². The fourth-order valence-corrected chi connectivity index (χ4v) is 2.93. The zero-order valence-corrected chi connectivity index (χ0v) is 12.2. The zero-order chi connectivity index (χ0) is 14.7. The molecule has 1 saturated heterocycles. The number of benzene rings is 1. The number of rotatable bonds is 3. The Balaban J connectivity index is 1.69. The summed E-state index contributed by atoms with van der Waals surface area (Å²) in [5.41, 5.74) is 1.53. The Morgan fingerprint density at radius 3 is 2.81 bits per heavy atom. The number of carbonyl (C=O) groups excluding carboxylic acids is 2. The maximum atomic E-state index is 12.2. The topological polar surface area (TPSA) is 71.1 Å². The van der Waals surface area contributed by atoms with E-state index in [4.69, 9.17) is 0 Å². The van der Waals surface area contributed by atoms with E-state index < -0.39 is 6.04 Å². The molecule has 0 saturated carbocycles. The molecule has 2 N–H and O–H groups in total. The van der Waals surface area contributed by atoms with Gasteiger partial charge in [0.05, 0.1) is 0 Å². The number of piperidine rings is 1. The highest BCUT2D eigenvalue weighted by Gasteiger charge is 2.23. The molecule has 1 aromatic heterocycles. The van der Waals surface area contributed by atoms with Gasteiger partial charge in [-0.3, -0.25) is 9.59 Å². The summed E-state index contributed by atoms with van der Waals surface area (Å²) in [5.74, 6) is -0.322. The summed E-state index contributed by atoms with van der Waals surface area (Å²) in [5, 5.41) is 8.37. The van der Waals surface area contributed by atoms with Gasteiger partial charge in [0.15, 0.2) is 0 Å². The molecule has 1 aliphatic rings. The van der Waals surface area contributed by atoms with Gasteiger partial charge >= 0.3 is 0 Å². The molecule has 6 heteroatoms. The van der Waals surface area contributed by atoms with Crippen LogP contribution in [0.25, 0.3) is 10.6 Å². The van der Waals surface area contributed by atoms with Crippen LogP contribution in [0, 0.1) is 0 Å². The molecule has 1 atom stereocenters. The first-order chi connectivity index (χ1) is 10.2. The van der Waals surface area contributed by atoms with E-state index in [1.165, 1.54) is 0 Å². The van der Waals surface area contributed by atoms with Crippen molar-refractivity contribution < 1.29 is 9.59 Å². The van der Waals surface area contributed by atoms with Crippen molar-refractivity contribution in [1.82, 2.24) is 15.6 Å². The predicted octanol–water partition coefficient (Wildman–Crippen LogP) is 1.82. The Labute approximate surface area is 126 Å². The minimum Gasteiger partial charge on any atom is -0.354 e. The Morgan fingerprint density at radius 1 is 1.33 bits per heavy atom. The van der Waals surface area contributed by atoms with Crippen molar-refractivity contribution in [1.29, 1.82) is 0 Å². The lowest BCUT2D eigenvalue weighted by Gasteiger charge is -2.22. The van der Waals surface area contributed by atoms with Gasteiger partial charge in [-0.05, 0) is 25.0 Å². The van der Waals surface area contributed by atoms with Crippen molar-refractivity contribution in [2.45, 2.75) is 18.9 Å². The van der Waals surface area contributed by atoms with Gasteiger partial charge in [-0.15, -0.1) is 11.3 Å². The molecule has 0 radical (unpaired) electrons. The molecule has 108 valence electrons. The highest BCUT2D eigenvalue weighted by atomic mass is 32.1. The summed E-state index contributed by atoms with van der Waals surface area (Å²) in [7, 11) is 0.